The third-order valence-corrected chi connectivity index (χ3v) is 5.79. The van der Waals surface area contributed by atoms with E-state index in [-0.39, 0.29) is 0 Å². The molecule has 1 aliphatic rings. The maximum Gasteiger partial charge on any atom is 0.191 e. The van der Waals surface area contributed by atoms with Crippen LogP contribution in [0, 0.1) is 6.92 Å². The highest BCUT2D eigenvalue weighted by molar-refractivity contribution is 7.98. The number of aryl methyl sites for hydroxylation is 1. The molecule has 140 valence electrons. The molecule has 3 N–H and O–H groups in total. The predicted octanol–water partition coefficient (Wildman–Crippen LogP) is 3.16. The molecule has 0 spiro atoms. The van der Waals surface area contributed by atoms with Crippen LogP contribution in [0.4, 0.5) is 11.6 Å². The average molecular weight is 382 g/mol. The van der Waals surface area contributed by atoms with Gasteiger partial charge in [0.05, 0.1) is 0 Å². The number of nitrogen functional groups attached to an aromatic ring is 1. The first-order valence-corrected chi connectivity index (χ1v) is 10.1. The van der Waals surface area contributed by atoms with Gasteiger partial charge in [0.15, 0.2) is 5.16 Å². The van der Waals surface area contributed by atoms with Crippen LogP contribution >= 0.6 is 11.8 Å². The number of rotatable bonds is 5. The molecule has 0 radical (unpaired) electrons. The van der Waals surface area contributed by atoms with Gasteiger partial charge in [-0.1, -0.05) is 36.0 Å². The van der Waals surface area contributed by atoms with Crippen LogP contribution in [0.3, 0.4) is 0 Å². The summed E-state index contributed by atoms with van der Waals surface area (Å²) in [6.07, 6.45) is 3.75. The van der Waals surface area contributed by atoms with Crippen LogP contribution in [-0.4, -0.2) is 38.2 Å². The van der Waals surface area contributed by atoms with Gasteiger partial charge in [0.25, 0.3) is 0 Å². The number of aromatic nitrogens is 5. The van der Waals surface area contributed by atoms with Gasteiger partial charge in [-0.3, -0.25) is 5.10 Å². The maximum atomic E-state index is 6.07. The Labute approximate surface area is 162 Å². The molecule has 3 heterocycles. The van der Waals surface area contributed by atoms with Crippen LogP contribution in [0.2, 0.25) is 0 Å². The Balaban J connectivity index is 1.49. The molecule has 2 aromatic heterocycles. The van der Waals surface area contributed by atoms with Crippen molar-refractivity contribution in [3.63, 3.8) is 0 Å². The van der Waals surface area contributed by atoms with Crippen LogP contribution < -0.4 is 10.6 Å². The van der Waals surface area contributed by atoms with Gasteiger partial charge in [0.1, 0.15) is 23.8 Å². The number of anilines is 2. The minimum absolute atomic E-state index is 0.334. The summed E-state index contributed by atoms with van der Waals surface area (Å²) in [5, 5.41) is 7.69. The van der Waals surface area contributed by atoms with E-state index in [4.69, 9.17) is 10.7 Å². The Hall–Kier alpha value is -2.61. The van der Waals surface area contributed by atoms with Crippen LogP contribution in [0.25, 0.3) is 0 Å². The van der Waals surface area contributed by atoms with E-state index in [0.29, 0.717) is 11.7 Å². The first-order chi connectivity index (χ1) is 13.2. The quantitative estimate of drug-likeness (QED) is 0.517. The molecular weight excluding hydrogens is 358 g/mol. The molecule has 1 unspecified atom stereocenters. The number of nitrogens with two attached hydrogens (primary N) is 1. The number of thioether (sulfide) groups is 1. The third-order valence-electron chi connectivity index (χ3n) is 4.90. The van der Waals surface area contributed by atoms with Crippen molar-refractivity contribution < 1.29 is 0 Å². The molecule has 1 aliphatic heterocycles. The normalized spacial score (nSPS) is 17.2. The maximum absolute atomic E-state index is 6.07. The van der Waals surface area contributed by atoms with Crippen molar-refractivity contribution in [3.05, 3.63) is 53.6 Å². The summed E-state index contributed by atoms with van der Waals surface area (Å²) >= 11 is 1.62. The van der Waals surface area contributed by atoms with E-state index in [2.05, 4.69) is 56.3 Å². The molecule has 0 aliphatic carbocycles. The molecule has 27 heavy (non-hydrogen) atoms. The van der Waals surface area contributed by atoms with E-state index in [1.807, 2.05) is 6.07 Å². The lowest BCUT2D eigenvalue weighted by molar-refractivity contribution is 0.489. The molecule has 1 fully saturated rings. The summed E-state index contributed by atoms with van der Waals surface area (Å²) in [4.78, 5) is 15.8. The van der Waals surface area contributed by atoms with Gasteiger partial charge in [0.2, 0.25) is 0 Å². The van der Waals surface area contributed by atoms with E-state index in [1.54, 1.807) is 18.1 Å². The van der Waals surface area contributed by atoms with Crippen LogP contribution in [0.1, 0.15) is 35.7 Å². The Bertz CT molecular complexity index is 897. The van der Waals surface area contributed by atoms with Gasteiger partial charge < -0.3 is 10.6 Å². The lowest BCUT2D eigenvalue weighted by Crippen LogP contribution is -2.35. The number of hydrogen-bond acceptors (Lipinski definition) is 7. The fourth-order valence-corrected chi connectivity index (χ4v) is 4.33. The Morgan fingerprint density at radius 1 is 1.30 bits per heavy atom. The highest BCUT2D eigenvalue weighted by Crippen LogP contribution is 2.29. The van der Waals surface area contributed by atoms with Crippen LogP contribution in [0.5, 0.6) is 0 Å². The van der Waals surface area contributed by atoms with Crippen LogP contribution in [0.15, 0.2) is 41.8 Å². The fraction of sp³-hybridized carbons (Fsp3) is 0.368. The average Bonchev–Trinajstić information content (AvgIpc) is 3.22. The molecule has 7 nitrogen and oxygen atoms in total. The van der Waals surface area contributed by atoms with Gasteiger partial charge in [0, 0.05) is 30.8 Å². The van der Waals surface area contributed by atoms with E-state index in [1.165, 1.54) is 11.1 Å². The van der Waals surface area contributed by atoms with Crippen molar-refractivity contribution in [2.24, 2.45) is 0 Å². The van der Waals surface area contributed by atoms with Crippen molar-refractivity contribution in [1.29, 1.82) is 0 Å². The van der Waals surface area contributed by atoms with Gasteiger partial charge in [-0.2, -0.15) is 5.10 Å². The lowest BCUT2D eigenvalue weighted by Gasteiger charge is -2.32. The van der Waals surface area contributed by atoms with Crippen molar-refractivity contribution in [2.75, 3.05) is 23.7 Å². The summed E-state index contributed by atoms with van der Waals surface area (Å²) in [5.41, 5.74) is 8.64. The van der Waals surface area contributed by atoms with Crippen molar-refractivity contribution in [2.45, 2.75) is 36.6 Å². The Morgan fingerprint density at radius 3 is 3.00 bits per heavy atom. The number of nitrogens with one attached hydrogen (secondary N) is 1. The van der Waals surface area contributed by atoms with Gasteiger partial charge in [-0.25, -0.2) is 15.0 Å². The number of H-pyrrole nitrogens is 1. The second kappa shape index (κ2) is 7.96. The van der Waals surface area contributed by atoms with Crippen molar-refractivity contribution >= 4 is 23.4 Å². The SMILES string of the molecule is Cc1ccccc1CSc1nc(N)cc(N2CCCC(c3ncn[nH]3)C2)n1. The molecule has 0 saturated carbocycles. The standard InChI is InChI=1S/C19H23N7S/c1-13-5-2-3-6-15(13)11-27-19-23-16(20)9-17(24-19)26-8-4-7-14(10-26)18-21-12-22-25-18/h2-3,5-6,9,12,14H,4,7-8,10-11H2,1H3,(H2,20,23,24)(H,21,22,25). The molecule has 8 heteroatoms. The predicted molar refractivity (Wildman–Crippen MR) is 108 cm³/mol. The summed E-state index contributed by atoms with van der Waals surface area (Å²) in [6, 6.07) is 10.2. The van der Waals surface area contributed by atoms with Gasteiger partial charge >= 0.3 is 0 Å². The number of piperidine rings is 1. The minimum Gasteiger partial charge on any atom is -0.383 e. The topological polar surface area (TPSA) is 96.6 Å². The molecule has 3 aromatic rings. The number of nitrogens with zero attached hydrogens (tertiary/aromatic N) is 5. The summed E-state index contributed by atoms with van der Waals surface area (Å²) in [5.74, 6) is 3.50. The Morgan fingerprint density at radius 2 is 2.19 bits per heavy atom. The largest absolute Gasteiger partial charge is 0.383 e. The molecule has 1 saturated heterocycles. The highest BCUT2D eigenvalue weighted by atomic mass is 32.2. The molecule has 1 aromatic carbocycles. The summed E-state index contributed by atoms with van der Waals surface area (Å²) < 4.78 is 0. The zero-order valence-electron chi connectivity index (χ0n) is 15.3. The smallest absolute Gasteiger partial charge is 0.191 e. The second-order valence-electron chi connectivity index (χ2n) is 6.80. The zero-order chi connectivity index (χ0) is 18.6. The number of hydrogen-bond donors (Lipinski definition) is 2. The van der Waals surface area contributed by atoms with E-state index >= 15 is 0 Å². The van der Waals surface area contributed by atoms with Crippen molar-refractivity contribution in [1.82, 2.24) is 25.1 Å². The third kappa shape index (κ3) is 4.21. The molecule has 4 rings (SSSR count). The number of aromatic amines is 1. The fourth-order valence-electron chi connectivity index (χ4n) is 3.39. The minimum atomic E-state index is 0.334. The van der Waals surface area contributed by atoms with Crippen molar-refractivity contribution in [3.8, 4) is 0 Å². The monoisotopic (exact) mass is 381 g/mol. The Kier molecular flexibility index (Phi) is 5.24. The zero-order valence-corrected chi connectivity index (χ0v) is 16.1. The number of benzene rings is 1. The summed E-state index contributed by atoms with van der Waals surface area (Å²) in [7, 11) is 0. The second-order valence-corrected chi connectivity index (χ2v) is 7.75. The first kappa shape index (κ1) is 17.8. The molecule has 0 bridgehead atoms. The van der Waals surface area contributed by atoms with Gasteiger partial charge in [-0.15, -0.1) is 0 Å². The van der Waals surface area contributed by atoms with E-state index in [0.717, 1.165) is 48.5 Å². The molecule has 0 amide bonds. The van der Waals surface area contributed by atoms with Crippen LogP contribution in [-0.2, 0) is 5.75 Å². The molecular formula is C19H23N7S. The highest BCUT2D eigenvalue weighted by Gasteiger charge is 2.24. The van der Waals surface area contributed by atoms with E-state index < -0.39 is 0 Å². The first-order valence-electron chi connectivity index (χ1n) is 9.11. The molecule has 1 atom stereocenters. The van der Waals surface area contributed by atoms with Gasteiger partial charge in [-0.05, 0) is 30.9 Å². The summed E-state index contributed by atoms with van der Waals surface area (Å²) in [6.45, 7) is 3.94. The lowest BCUT2D eigenvalue weighted by atomic mass is 9.97. The van der Waals surface area contributed by atoms with E-state index in [9.17, 15) is 0 Å².